The molecule has 0 bridgehead atoms. The van der Waals surface area contributed by atoms with Crippen molar-refractivity contribution in [1.82, 2.24) is 5.32 Å². The van der Waals surface area contributed by atoms with Crippen molar-refractivity contribution in [1.29, 1.82) is 0 Å². The highest BCUT2D eigenvalue weighted by Gasteiger charge is 2.53. The Morgan fingerprint density at radius 3 is 2.60 bits per heavy atom. The summed E-state index contributed by atoms with van der Waals surface area (Å²) in [4.78, 5) is 23.8. The predicted octanol–water partition coefficient (Wildman–Crippen LogP) is 5.18. The fraction of sp³-hybridized carbons (Fsp3) is 0.667. The van der Waals surface area contributed by atoms with Crippen molar-refractivity contribution < 1.29 is 19.8 Å². The molecule has 1 aromatic carbocycles. The molecule has 0 aromatic heterocycles. The molecule has 0 heterocycles. The van der Waals surface area contributed by atoms with Crippen LogP contribution in [0.25, 0.3) is 0 Å². The maximum atomic E-state index is 12.2. The summed E-state index contributed by atoms with van der Waals surface area (Å²) in [5, 5.41) is 21.2. The van der Waals surface area contributed by atoms with E-state index in [0.717, 1.165) is 16.6 Å². The number of amides is 1. The third-order valence-corrected chi connectivity index (χ3v) is 8.80. The zero-order valence-corrected chi connectivity index (χ0v) is 19.3. The summed E-state index contributed by atoms with van der Waals surface area (Å²) in [6.45, 7) is 9.30. The van der Waals surface area contributed by atoms with E-state index in [0.29, 0.717) is 28.2 Å². The van der Waals surface area contributed by atoms with Crippen LogP contribution in [0.3, 0.4) is 0 Å². The van der Waals surface area contributed by atoms with E-state index in [2.05, 4.69) is 33.0 Å². The van der Waals surface area contributed by atoms with Crippen molar-refractivity contribution in [2.24, 2.45) is 28.6 Å². The Hall–Kier alpha value is -1.69. The first kappa shape index (κ1) is 23.0. The monoisotopic (exact) mass is 433 g/mol. The molecule has 3 N–H and O–H groups in total. The number of carbonyl (C=O) groups is 2. The van der Waals surface area contributed by atoms with Gasteiger partial charge in [0, 0.05) is 16.2 Å². The molecule has 4 atom stereocenters. The quantitative estimate of drug-likeness (QED) is 0.538. The predicted molar refractivity (Wildman–Crippen MR) is 120 cm³/mol. The second kappa shape index (κ2) is 8.81. The number of phenolic OH excluding ortho intramolecular Hbond substituents is 1. The normalized spacial score (nSPS) is 30.3. The van der Waals surface area contributed by atoms with Gasteiger partial charge in [0.05, 0.1) is 0 Å². The van der Waals surface area contributed by atoms with Crippen molar-refractivity contribution in [2.75, 3.05) is 12.3 Å². The van der Waals surface area contributed by atoms with E-state index in [1.807, 2.05) is 0 Å². The summed E-state index contributed by atoms with van der Waals surface area (Å²) in [7, 11) is 0. The van der Waals surface area contributed by atoms with Crippen molar-refractivity contribution in [3.8, 4) is 5.75 Å². The average Bonchev–Trinajstić information content (AvgIpc) is 2.64. The maximum Gasteiger partial charge on any atom is 0.322 e. The first-order valence-electron chi connectivity index (χ1n) is 11.0. The van der Waals surface area contributed by atoms with E-state index in [4.69, 9.17) is 5.11 Å². The van der Waals surface area contributed by atoms with E-state index in [1.165, 1.54) is 38.2 Å². The van der Waals surface area contributed by atoms with Crippen LogP contribution in [0.15, 0.2) is 23.1 Å². The number of fused-ring (bicyclic) bond motifs is 1. The zero-order valence-electron chi connectivity index (χ0n) is 18.5. The van der Waals surface area contributed by atoms with Crippen molar-refractivity contribution in [3.63, 3.8) is 0 Å². The average molecular weight is 434 g/mol. The summed E-state index contributed by atoms with van der Waals surface area (Å²) in [5.74, 6) is 1.40. The Kier molecular flexibility index (Phi) is 6.75. The summed E-state index contributed by atoms with van der Waals surface area (Å²) in [6, 6.07) is 4.82. The zero-order chi connectivity index (χ0) is 22.1. The minimum atomic E-state index is -1.09. The van der Waals surface area contributed by atoms with Crippen molar-refractivity contribution in [3.05, 3.63) is 23.8 Å². The van der Waals surface area contributed by atoms with Crippen LogP contribution in [0, 0.1) is 28.6 Å². The highest BCUT2D eigenvalue weighted by Crippen LogP contribution is 2.61. The molecule has 0 radical (unpaired) electrons. The number of carbonyl (C=O) groups excluding carboxylic acids is 1. The fourth-order valence-electron chi connectivity index (χ4n) is 6.21. The summed E-state index contributed by atoms with van der Waals surface area (Å²) in [6.07, 6.45) is 6.44. The van der Waals surface area contributed by atoms with Gasteiger partial charge in [-0.3, -0.25) is 9.59 Å². The molecular weight excluding hydrogens is 398 g/mol. The van der Waals surface area contributed by atoms with Crippen molar-refractivity contribution in [2.45, 2.75) is 64.7 Å². The second-order valence-corrected chi connectivity index (χ2v) is 11.3. The summed E-state index contributed by atoms with van der Waals surface area (Å²) < 4.78 is 0. The summed E-state index contributed by atoms with van der Waals surface area (Å²) in [5.41, 5.74) is 1.000. The highest BCUT2D eigenvalue weighted by molar-refractivity contribution is 7.99. The SMILES string of the molecule is CC1CCC2C(C)(C)CCCC2(C)C1CSc1cc(O)cc(C(=O)NCC(=O)O)c1. The Labute approximate surface area is 184 Å². The van der Waals surface area contributed by atoms with Gasteiger partial charge < -0.3 is 15.5 Å². The molecular formula is C24H35NO4S. The number of nitrogens with one attached hydrogen (secondary N) is 1. The van der Waals surface area contributed by atoms with E-state index >= 15 is 0 Å². The van der Waals surface area contributed by atoms with Gasteiger partial charge in [-0.25, -0.2) is 0 Å². The number of carboxylic acids is 1. The third kappa shape index (κ3) is 4.79. The van der Waals surface area contributed by atoms with Gasteiger partial charge in [0.1, 0.15) is 12.3 Å². The van der Waals surface area contributed by atoms with E-state index in [-0.39, 0.29) is 5.75 Å². The highest BCUT2D eigenvalue weighted by atomic mass is 32.2. The largest absolute Gasteiger partial charge is 0.508 e. The smallest absolute Gasteiger partial charge is 0.322 e. The lowest BCUT2D eigenvalue weighted by molar-refractivity contribution is -0.135. The number of aliphatic carboxylic acids is 1. The van der Waals surface area contributed by atoms with Crippen LogP contribution in [-0.4, -0.2) is 34.4 Å². The molecule has 0 saturated heterocycles. The molecule has 166 valence electrons. The van der Waals surface area contributed by atoms with Gasteiger partial charge in [-0.2, -0.15) is 0 Å². The third-order valence-electron chi connectivity index (χ3n) is 7.70. The van der Waals surface area contributed by atoms with Gasteiger partial charge in [-0.05, 0) is 66.0 Å². The number of hydrogen-bond acceptors (Lipinski definition) is 4. The number of thioether (sulfide) groups is 1. The number of benzene rings is 1. The van der Waals surface area contributed by atoms with Crippen LogP contribution in [-0.2, 0) is 4.79 Å². The van der Waals surface area contributed by atoms with Crippen LogP contribution < -0.4 is 5.32 Å². The molecule has 4 unspecified atom stereocenters. The molecule has 2 aliphatic rings. The van der Waals surface area contributed by atoms with Gasteiger partial charge in [0.25, 0.3) is 5.91 Å². The molecule has 2 aliphatic carbocycles. The number of rotatable bonds is 6. The first-order chi connectivity index (χ1) is 14.0. The maximum absolute atomic E-state index is 12.2. The fourth-order valence-corrected chi connectivity index (χ4v) is 7.70. The van der Waals surface area contributed by atoms with Gasteiger partial charge >= 0.3 is 5.97 Å². The number of carboxylic acid groups (broad SMARTS) is 1. The van der Waals surface area contributed by atoms with Crippen LogP contribution >= 0.6 is 11.8 Å². The van der Waals surface area contributed by atoms with Crippen LogP contribution in [0.2, 0.25) is 0 Å². The molecule has 5 nitrogen and oxygen atoms in total. The molecule has 6 heteroatoms. The minimum Gasteiger partial charge on any atom is -0.508 e. The second-order valence-electron chi connectivity index (χ2n) is 10.2. The Morgan fingerprint density at radius 2 is 1.90 bits per heavy atom. The molecule has 3 rings (SSSR count). The van der Waals surface area contributed by atoms with Crippen LogP contribution in [0.4, 0.5) is 0 Å². The van der Waals surface area contributed by atoms with E-state index in [9.17, 15) is 14.7 Å². The lowest BCUT2D eigenvalue weighted by Gasteiger charge is -2.59. The van der Waals surface area contributed by atoms with Gasteiger partial charge in [-0.15, -0.1) is 11.8 Å². The standard InChI is InChI=1S/C24H35NO4S/c1-15-6-7-20-23(2,3)8-5-9-24(20,4)19(15)14-30-18-11-16(10-17(26)12-18)22(29)25-13-21(27)28/h10-12,15,19-20,26H,5-9,13-14H2,1-4H3,(H,25,29)(H,27,28). The van der Waals surface area contributed by atoms with Gasteiger partial charge in [0.15, 0.2) is 0 Å². The number of phenols is 1. The topological polar surface area (TPSA) is 86.6 Å². The Balaban J connectivity index is 1.75. The van der Waals surface area contributed by atoms with Crippen LogP contribution in [0.1, 0.15) is 70.2 Å². The molecule has 0 aliphatic heterocycles. The molecule has 0 spiro atoms. The number of aromatic hydroxyl groups is 1. The van der Waals surface area contributed by atoms with Gasteiger partial charge in [-0.1, -0.05) is 40.5 Å². The van der Waals surface area contributed by atoms with Gasteiger partial charge in [0.2, 0.25) is 0 Å². The van der Waals surface area contributed by atoms with E-state index < -0.39 is 18.4 Å². The lowest BCUT2D eigenvalue weighted by atomic mass is 9.47. The molecule has 1 aromatic rings. The molecule has 2 fully saturated rings. The first-order valence-corrected chi connectivity index (χ1v) is 12.0. The van der Waals surface area contributed by atoms with Crippen molar-refractivity contribution >= 4 is 23.6 Å². The lowest BCUT2D eigenvalue weighted by Crippen LogP contribution is -2.51. The Morgan fingerprint density at radius 1 is 1.17 bits per heavy atom. The number of hydrogen-bond donors (Lipinski definition) is 3. The summed E-state index contributed by atoms with van der Waals surface area (Å²) >= 11 is 1.70. The molecule has 1 amide bonds. The molecule has 2 saturated carbocycles. The van der Waals surface area contributed by atoms with E-state index in [1.54, 1.807) is 23.9 Å². The van der Waals surface area contributed by atoms with Crippen LogP contribution in [0.5, 0.6) is 5.75 Å². The minimum absolute atomic E-state index is 0.0278. The Bertz CT molecular complexity index is 808. The molecule has 30 heavy (non-hydrogen) atoms.